The molecule has 1 amide bonds. The van der Waals surface area contributed by atoms with Crippen LogP contribution in [-0.4, -0.2) is 10.5 Å². The minimum absolute atomic E-state index is 0.408. The Kier molecular flexibility index (Phi) is 4.64. The molecule has 1 heterocycles. The molecule has 5 aromatic rings. The highest BCUT2D eigenvalue weighted by Crippen LogP contribution is 2.35. The van der Waals surface area contributed by atoms with Gasteiger partial charge in [-0.3, -0.25) is 4.79 Å². The minimum Gasteiger partial charge on any atom is -0.366 e. The molecule has 0 saturated carbocycles. The number of nitrogens with zero attached hydrogens (tertiary/aromatic N) is 1. The van der Waals surface area contributed by atoms with E-state index in [2.05, 4.69) is 69.0 Å². The van der Waals surface area contributed by atoms with Gasteiger partial charge in [0.1, 0.15) is 0 Å². The maximum atomic E-state index is 12.2. The lowest BCUT2D eigenvalue weighted by Gasteiger charge is -2.10. The zero-order valence-electron chi connectivity index (χ0n) is 16.2. The first kappa shape index (κ1) is 18.6. The lowest BCUT2D eigenvalue weighted by atomic mass is 10.0. The number of carbonyl (C=O) groups is 1. The van der Waals surface area contributed by atoms with Gasteiger partial charge in [-0.15, -0.1) is 0 Å². The third-order valence-corrected chi connectivity index (χ3v) is 5.99. The van der Waals surface area contributed by atoms with E-state index in [1.165, 1.54) is 5.56 Å². The Balaban J connectivity index is 1.81. The first-order valence-corrected chi connectivity index (χ1v) is 10.6. The van der Waals surface area contributed by atoms with Gasteiger partial charge >= 0.3 is 0 Å². The second-order valence-corrected chi connectivity index (χ2v) is 8.29. The number of rotatable bonds is 4. The fraction of sp³-hybridized carbons (Fsp3) is 0.0385. The zero-order chi connectivity index (χ0) is 20.7. The molecule has 3 nitrogen and oxygen atoms in total. The van der Waals surface area contributed by atoms with Crippen molar-refractivity contribution in [3.05, 3.63) is 107 Å². The fourth-order valence-corrected chi connectivity index (χ4v) is 4.59. The van der Waals surface area contributed by atoms with E-state index in [-0.39, 0.29) is 0 Å². The van der Waals surface area contributed by atoms with Crippen molar-refractivity contribution >= 4 is 43.6 Å². The summed E-state index contributed by atoms with van der Waals surface area (Å²) < 4.78 is 3.31. The Hall–Kier alpha value is -3.37. The Bertz CT molecular complexity index is 1400. The molecule has 0 fully saturated rings. The first-order valence-electron chi connectivity index (χ1n) is 9.76. The Morgan fingerprint density at radius 1 is 0.800 bits per heavy atom. The third-order valence-electron chi connectivity index (χ3n) is 5.49. The van der Waals surface area contributed by atoms with Gasteiger partial charge in [0, 0.05) is 27.4 Å². The van der Waals surface area contributed by atoms with Crippen molar-refractivity contribution in [1.82, 2.24) is 4.57 Å². The largest absolute Gasteiger partial charge is 0.366 e. The summed E-state index contributed by atoms with van der Waals surface area (Å²) in [5.74, 6) is -0.408. The van der Waals surface area contributed by atoms with Gasteiger partial charge in [0.15, 0.2) is 0 Å². The second kappa shape index (κ2) is 7.47. The van der Waals surface area contributed by atoms with E-state index in [0.29, 0.717) is 12.1 Å². The standard InChI is InChI=1S/C26H19BrN2O/c27-20-9-4-6-17(14-20)16-29-23-11-5-10-22(26(28)30)25(23)21-13-12-19(15-24(21)29)18-7-2-1-3-8-18/h1-15H,16H2,(H2,28,30). The maximum Gasteiger partial charge on any atom is 0.249 e. The molecule has 0 aliphatic heterocycles. The number of aromatic nitrogens is 1. The van der Waals surface area contributed by atoms with Crippen LogP contribution in [0.3, 0.4) is 0 Å². The number of amides is 1. The maximum absolute atomic E-state index is 12.2. The van der Waals surface area contributed by atoms with Gasteiger partial charge < -0.3 is 10.3 Å². The molecule has 0 atom stereocenters. The Morgan fingerprint density at radius 3 is 2.37 bits per heavy atom. The van der Waals surface area contributed by atoms with E-state index >= 15 is 0 Å². The van der Waals surface area contributed by atoms with E-state index in [4.69, 9.17) is 5.73 Å². The topological polar surface area (TPSA) is 48.0 Å². The number of nitrogens with two attached hydrogens (primary N) is 1. The second-order valence-electron chi connectivity index (χ2n) is 7.38. The van der Waals surface area contributed by atoms with Crippen LogP contribution in [-0.2, 0) is 6.54 Å². The average Bonchev–Trinajstić information content (AvgIpc) is 3.07. The van der Waals surface area contributed by atoms with Crippen molar-refractivity contribution in [2.75, 3.05) is 0 Å². The molecule has 0 saturated heterocycles. The molecular formula is C26H19BrN2O. The van der Waals surface area contributed by atoms with Gasteiger partial charge in [-0.1, -0.05) is 76.6 Å². The van der Waals surface area contributed by atoms with Crippen LogP contribution in [0.2, 0.25) is 0 Å². The van der Waals surface area contributed by atoms with Crippen LogP contribution in [0.5, 0.6) is 0 Å². The van der Waals surface area contributed by atoms with Crippen LogP contribution >= 0.6 is 15.9 Å². The molecule has 0 radical (unpaired) electrons. The molecule has 1 aromatic heterocycles. The molecule has 2 N–H and O–H groups in total. The predicted molar refractivity (Wildman–Crippen MR) is 127 cm³/mol. The Labute approximate surface area is 182 Å². The summed E-state index contributed by atoms with van der Waals surface area (Å²) in [5.41, 5.74) is 11.8. The lowest BCUT2D eigenvalue weighted by molar-refractivity contribution is 0.100. The molecule has 4 heteroatoms. The molecule has 0 unspecified atom stereocenters. The zero-order valence-corrected chi connectivity index (χ0v) is 17.8. The summed E-state index contributed by atoms with van der Waals surface area (Å²) in [6.07, 6.45) is 0. The summed E-state index contributed by atoms with van der Waals surface area (Å²) in [4.78, 5) is 12.2. The van der Waals surface area contributed by atoms with Crippen molar-refractivity contribution in [1.29, 1.82) is 0 Å². The summed E-state index contributed by atoms with van der Waals surface area (Å²) >= 11 is 3.57. The number of benzene rings is 4. The van der Waals surface area contributed by atoms with Crippen LogP contribution in [0, 0.1) is 0 Å². The summed E-state index contributed by atoms with van der Waals surface area (Å²) in [6.45, 7) is 0.694. The number of fused-ring (bicyclic) bond motifs is 3. The highest BCUT2D eigenvalue weighted by Gasteiger charge is 2.17. The normalized spacial score (nSPS) is 11.2. The van der Waals surface area contributed by atoms with Gasteiger partial charge in [0.2, 0.25) is 5.91 Å². The van der Waals surface area contributed by atoms with Crippen LogP contribution in [0.1, 0.15) is 15.9 Å². The van der Waals surface area contributed by atoms with Gasteiger partial charge in [0.05, 0.1) is 11.0 Å². The molecule has 30 heavy (non-hydrogen) atoms. The number of carbonyl (C=O) groups excluding carboxylic acids is 1. The van der Waals surface area contributed by atoms with Gasteiger partial charge in [-0.05, 0) is 47.0 Å². The van der Waals surface area contributed by atoms with Crippen LogP contribution in [0.25, 0.3) is 32.9 Å². The van der Waals surface area contributed by atoms with Crippen LogP contribution in [0.4, 0.5) is 0 Å². The molecular weight excluding hydrogens is 436 g/mol. The number of primary amides is 1. The highest BCUT2D eigenvalue weighted by atomic mass is 79.9. The monoisotopic (exact) mass is 454 g/mol. The smallest absolute Gasteiger partial charge is 0.249 e. The highest BCUT2D eigenvalue weighted by molar-refractivity contribution is 9.10. The Morgan fingerprint density at radius 2 is 1.60 bits per heavy atom. The van der Waals surface area contributed by atoms with Crippen molar-refractivity contribution in [2.45, 2.75) is 6.54 Å². The lowest BCUT2D eigenvalue weighted by Crippen LogP contribution is -2.11. The third kappa shape index (κ3) is 3.19. The number of halogens is 1. The van der Waals surface area contributed by atoms with Gasteiger partial charge in [0.25, 0.3) is 0 Å². The SMILES string of the molecule is NC(=O)c1cccc2c1c1ccc(-c3ccccc3)cc1n2Cc1cccc(Br)c1. The minimum atomic E-state index is -0.408. The van der Waals surface area contributed by atoms with E-state index < -0.39 is 5.91 Å². The molecule has 146 valence electrons. The molecule has 5 rings (SSSR count). The van der Waals surface area contributed by atoms with Crippen molar-refractivity contribution < 1.29 is 4.79 Å². The fourth-order valence-electron chi connectivity index (χ4n) is 4.15. The summed E-state index contributed by atoms with van der Waals surface area (Å²) in [5, 5.41) is 1.95. The summed E-state index contributed by atoms with van der Waals surface area (Å²) in [6, 6.07) is 30.8. The first-order chi connectivity index (χ1) is 14.6. The van der Waals surface area contributed by atoms with E-state index in [1.54, 1.807) is 6.07 Å². The molecule has 0 bridgehead atoms. The summed E-state index contributed by atoms with van der Waals surface area (Å²) in [7, 11) is 0. The number of hydrogen-bond acceptors (Lipinski definition) is 1. The van der Waals surface area contributed by atoms with Crippen LogP contribution < -0.4 is 5.73 Å². The van der Waals surface area contributed by atoms with Gasteiger partial charge in [-0.2, -0.15) is 0 Å². The molecule has 4 aromatic carbocycles. The quantitative estimate of drug-likeness (QED) is 0.336. The molecule has 0 spiro atoms. The van der Waals surface area contributed by atoms with Gasteiger partial charge in [-0.25, -0.2) is 0 Å². The van der Waals surface area contributed by atoms with E-state index in [0.717, 1.165) is 37.4 Å². The molecule has 0 aliphatic carbocycles. The predicted octanol–water partition coefficient (Wildman–Crippen LogP) is 6.37. The molecule has 0 aliphatic rings. The van der Waals surface area contributed by atoms with Crippen molar-refractivity contribution in [2.24, 2.45) is 5.73 Å². The van der Waals surface area contributed by atoms with Crippen molar-refractivity contribution in [3.8, 4) is 11.1 Å². The average molecular weight is 455 g/mol. The van der Waals surface area contributed by atoms with Crippen molar-refractivity contribution in [3.63, 3.8) is 0 Å². The van der Waals surface area contributed by atoms with Crippen LogP contribution in [0.15, 0.2) is 95.5 Å². The van der Waals surface area contributed by atoms with E-state index in [9.17, 15) is 4.79 Å². The van der Waals surface area contributed by atoms with E-state index in [1.807, 2.05) is 36.4 Å². The number of hydrogen-bond donors (Lipinski definition) is 1.